The highest BCUT2D eigenvalue weighted by Crippen LogP contribution is 2.36. The van der Waals surface area contributed by atoms with Gasteiger partial charge in [0.2, 0.25) is 5.91 Å². The van der Waals surface area contributed by atoms with Crippen molar-refractivity contribution in [2.45, 2.75) is 13.3 Å². The molecule has 5 nitrogen and oxygen atoms in total. The summed E-state index contributed by atoms with van der Waals surface area (Å²) in [7, 11) is 0. The maximum absolute atomic E-state index is 14.7. The summed E-state index contributed by atoms with van der Waals surface area (Å²) in [5.74, 6) is -0.354. The standard InChI is InChI=1S/C29H20ClFN4O/c1-17(36)35-10-8-19-11-18(4-7-28(19)35)20-12-21(16-32-15-20)24-14-27(25-13-22(30)5-6-26(25)31)34-29-23(24)3-2-9-33-29/h2-7,9,11-16H,8,10H2,1H3. The summed E-state index contributed by atoms with van der Waals surface area (Å²) in [5, 5.41) is 1.27. The van der Waals surface area contributed by atoms with Crippen molar-refractivity contribution in [3.05, 3.63) is 95.7 Å². The Kier molecular flexibility index (Phi) is 5.46. The fourth-order valence-electron chi connectivity index (χ4n) is 4.78. The molecule has 36 heavy (non-hydrogen) atoms. The Morgan fingerprint density at radius 1 is 0.972 bits per heavy atom. The number of benzene rings is 2. The molecule has 0 N–H and O–H groups in total. The summed E-state index contributed by atoms with van der Waals surface area (Å²) >= 11 is 6.16. The van der Waals surface area contributed by atoms with Crippen molar-refractivity contribution in [2.24, 2.45) is 0 Å². The number of amides is 1. The van der Waals surface area contributed by atoms with E-state index >= 15 is 0 Å². The summed E-state index contributed by atoms with van der Waals surface area (Å²) < 4.78 is 14.7. The van der Waals surface area contributed by atoms with Gasteiger partial charge in [-0.15, -0.1) is 0 Å². The van der Waals surface area contributed by atoms with Crippen LogP contribution in [0.2, 0.25) is 5.02 Å². The van der Waals surface area contributed by atoms with Crippen LogP contribution in [0.4, 0.5) is 10.1 Å². The molecule has 0 atom stereocenters. The van der Waals surface area contributed by atoms with Crippen LogP contribution in [0, 0.1) is 5.82 Å². The first-order chi connectivity index (χ1) is 17.5. The topological polar surface area (TPSA) is 59.0 Å². The fourth-order valence-corrected chi connectivity index (χ4v) is 4.95. The molecule has 1 aliphatic heterocycles. The van der Waals surface area contributed by atoms with Gasteiger partial charge in [-0.1, -0.05) is 17.7 Å². The largest absolute Gasteiger partial charge is 0.312 e. The van der Waals surface area contributed by atoms with E-state index in [9.17, 15) is 9.18 Å². The Bertz CT molecular complexity index is 1670. The van der Waals surface area contributed by atoms with E-state index in [1.807, 2.05) is 36.5 Å². The summed E-state index contributed by atoms with van der Waals surface area (Å²) in [6.45, 7) is 2.29. The second-order valence-corrected chi connectivity index (χ2v) is 9.22. The number of pyridine rings is 3. The van der Waals surface area contributed by atoms with Gasteiger partial charge >= 0.3 is 0 Å². The summed E-state index contributed by atoms with van der Waals surface area (Å²) in [5.41, 5.74) is 7.06. The minimum absolute atomic E-state index is 0.0512. The van der Waals surface area contributed by atoms with Gasteiger partial charge < -0.3 is 4.90 Å². The minimum atomic E-state index is -0.405. The number of hydrogen-bond donors (Lipinski definition) is 0. The van der Waals surface area contributed by atoms with Crippen LogP contribution in [-0.4, -0.2) is 27.4 Å². The fraction of sp³-hybridized carbons (Fsp3) is 0.103. The number of aromatic nitrogens is 3. The Morgan fingerprint density at radius 3 is 2.69 bits per heavy atom. The third-order valence-electron chi connectivity index (χ3n) is 6.53. The molecule has 0 spiro atoms. The van der Waals surface area contributed by atoms with Crippen LogP contribution in [-0.2, 0) is 11.2 Å². The molecule has 5 aromatic rings. The molecule has 7 heteroatoms. The van der Waals surface area contributed by atoms with Crippen LogP contribution in [0.3, 0.4) is 0 Å². The lowest BCUT2D eigenvalue weighted by Crippen LogP contribution is -2.25. The van der Waals surface area contributed by atoms with Crippen molar-refractivity contribution < 1.29 is 9.18 Å². The van der Waals surface area contributed by atoms with Crippen molar-refractivity contribution in [1.82, 2.24) is 15.0 Å². The highest BCUT2D eigenvalue weighted by atomic mass is 35.5. The molecule has 0 aliphatic carbocycles. The van der Waals surface area contributed by atoms with E-state index in [2.05, 4.69) is 27.1 Å². The number of rotatable bonds is 3. The van der Waals surface area contributed by atoms with E-state index in [4.69, 9.17) is 11.6 Å². The van der Waals surface area contributed by atoms with Gasteiger partial charge in [0, 0.05) is 64.8 Å². The first kappa shape index (κ1) is 22.3. The summed E-state index contributed by atoms with van der Waals surface area (Å²) in [6, 6.07) is 18.3. The average molecular weight is 495 g/mol. The minimum Gasteiger partial charge on any atom is -0.312 e. The molecule has 1 aliphatic rings. The van der Waals surface area contributed by atoms with E-state index in [1.54, 1.807) is 30.3 Å². The normalized spacial score (nSPS) is 12.7. The SMILES string of the molecule is CC(=O)N1CCc2cc(-c3cncc(-c4cc(-c5cc(Cl)ccc5F)nc5ncccc45)c3)ccc21. The van der Waals surface area contributed by atoms with Crippen LogP contribution in [0.5, 0.6) is 0 Å². The Morgan fingerprint density at radius 2 is 1.83 bits per heavy atom. The first-order valence-electron chi connectivity index (χ1n) is 11.6. The molecule has 6 rings (SSSR count). The summed E-state index contributed by atoms with van der Waals surface area (Å²) in [6.07, 6.45) is 6.10. The molecule has 0 saturated heterocycles. The average Bonchev–Trinajstić information content (AvgIpc) is 3.33. The summed E-state index contributed by atoms with van der Waals surface area (Å²) in [4.78, 5) is 27.3. The van der Waals surface area contributed by atoms with Crippen LogP contribution in [0.1, 0.15) is 12.5 Å². The molecule has 176 valence electrons. The van der Waals surface area contributed by atoms with Gasteiger partial charge in [0.15, 0.2) is 5.65 Å². The molecule has 0 fully saturated rings. The van der Waals surface area contributed by atoms with E-state index in [0.29, 0.717) is 28.5 Å². The molecule has 3 aromatic heterocycles. The molecular formula is C29H20ClFN4O. The molecule has 4 heterocycles. The molecule has 1 amide bonds. The predicted octanol–water partition coefficient (Wildman–Crippen LogP) is 6.73. The zero-order chi connectivity index (χ0) is 24.8. The third kappa shape index (κ3) is 3.89. The van der Waals surface area contributed by atoms with Gasteiger partial charge in [0.1, 0.15) is 5.82 Å². The highest BCUT2D eigenvalue weighted by molar-refractivity contribution is 6.30. The smallest absolute Gasteiger partial charge is 0.223 e. The van der Waals surface area contributed by atoms with E-state index in [0.717, 1.165) is 45.3 Å². The zero-order valence-electron chi connectivity index (χ0n) is 19.4. The zero-order valence-corrected chi connectivity index (χ0v) is 20.1. The van der Waals surface area contributed by atoms with Gasteiger partial charge in [0.25, 0.3) is 0 Å². The molecule has 0 unspecified atom stereocenters. The first-order valence-corrected chi connectivity index (χ1v) is 11.9. The van der Waals surface area contributed by atoms with Crippen molar-refractivity contribution in [3.63, 3.8) is 0 Å². The van der Waals surface area contributed by atoms with Crippen molar-refractivity contribution in [3.8, 4) is 33.5 Å². The van der Waals surface area contributed by atoms with Gasteiger partial charge in [-0.2, -0.15) is 0 Å². The van der Waals surface area contributed by atoms with Crippen molar-refractivity contribution >= 4 is 34.2 Å². The lowest BCUT2D eigenvalue weighted by Gasteiger charge is -2.15. The lowest BCUT2D eigenvalue weighted by atomic mass is 9.97. The molecule has 0 radical (unpaired) electrons. The van der Waals surface area contributed by atoms with E-state index < -0.39 is 5.82 Å². The molecule has 0 bridgehead atoms. The number of hydrogen-bond acceptors (Lipinski definition) is 4. The predicted molar refractivity (Wildman–Crippen MR) is 140 cm³/mol. The monoisotopic (exact) mass is 494 g/mol. The molecule has 0 saturated carbocycles. The maximum atomic E-state index is 14.7. The maximum Gasteiger partial charge on any atom is 0.223 e. The van der Waals surface area contributed by atoms with Gasteiger partial charge in [0.05, 0.1) is 5.69 Å². The number of fused-ring (bicyclic) bond motifs is 2. The number of nitrogens with zero attached hydrogens (tertiary/aromatic N) is 4. The second kappa shape index (κ2) is 8.81. The Labute approximate surface area is 212 Å². The van der Waals surface area contributed by atoms with E-state index in [-0.39, 0.29) is 5.91 Å². The van der Waals surface area contributed by atoms with E-state index in [1.165, 1.54) is 12.1 Å². The second-order valence-electron chi connectivity index (χ2n) is 8.78. The Balaban J connectivity index is 1.48. The number of anilines is 1. The number of halogens is 2. The molecule has 2 aromatic carbocycles. The van der Waals surface area contributed by atoms with Crippen LogP contribution in [0.15, 0.2) is 79.3 Å². The lowest BCUT2D eigenvalue weighted by molar-refractivity contribution is -0.116. The number of carbonyl (C=O) groups excluding carboxylic acids is 1. The van der Waals surface area contributed by atoms with Crippen LogP contribution < -0.4 is 4.90 Å². The van der Waals surface area contributed by atoms with Crippen LogP contribution in [0.25, 0.3) is 44.5 Å². The van der Waals surface area contributed by atoms with Crippen LogP contribution >= 0.6 is 11.6 Å². The highest BCUT2D eigenvalue weighted by Gasteiger charge is 2.22. The third-order valence-corrected chi connectivity index (χ3v) is 6.76. The van der Waals surface area contributed by atoms with Gasteiger partial charge in [-0.3, -0.25) is 9.78 Å². The number of carbonyl (C=O) groups is 1. The van der Waals surface area contributed by atoms with Crippen molar-refractivity contribution in [2.75, 3.05) is 11.4 Å². The molecular weight excluding hydrogens is 475 g/mol. The Hall–Kier alpha value is -4.16. The quantitative estimate of drug-likeness (QED) is 0.279. The van der Waals surface area contributed by atoms with Crippen molar-refractivity contribution in [1.29, 1.82) is 0 Å². The van der Waals surface area contributed by atoms with Gasteiger partial charge in [-0.05, 0) is 77.7 Å². The van der Waals surface area contributed by atoms with Gasteiger partial charge in [-0.25, -0.2) is 14.4 Å².